The number of carbonyl (C=O) groups is 1. The second-order valence-electron chi connectivity index (χ2n) is 6.70. The molecule has 0 unspecified atom stereocenters. The van der Waals surface area contributed by atoms with Crippen LogP contribution in [0, 0.1) is 5.82 Å². The van der Waals surface area contributed by atoms with E-state index in [1.807, 2.05) is 34.9 Å². The first-order valence-corrected chi connectivity index (χ1v) is 10.0. The Morgan fingerprint density at radius 2 is 1.78 bits per heavy atom. The molecule has 1 aromatic carbocycles. The molecule has 0 aliphatic carbocycles. The van der Waals surface area contributed by atoms with Crippen molar-refractivity contribution < 1.29 is 9.18 Å². The highest BCUT2D eigenvalue weighted by molar-refractivity contribution is 7.17. The Bertz CT molecular complexity index is 1380. The minimum Gasteiger partial charge on any atom is -0.354 e. The molecule has 10 heteroatoms. The van der Waals surface area contributed by atoms with Gasteiger partial charge in [0.15, 0.2) is 0 Å². The lowest BCUT2D eigenvalue weighted by Gasteiger charge is -2.06. The van der Waals surface area contributed by atoms with Crippen molar-refractivity contribution >= 4 is 47.7 Å². The summed E-state index contributed by atoms with van der Waals surface area (Å²) in [6, 6.07) is 14.0. The van der Waals surface area contributed by atoms with E-state index in [-0.39, 0.29) is 36.5 Å². The molecule has 5 rings (SSSR count). The number of H-pyrrole nitrogens is 1. The molecule has 0 saturated carbocycles. The molecule has 0 fully saturated rings. The molecule has 164 valence electrons. The molecule has 32 heavy (non-hydrogen) atoms. The Morgan fingerprint density at radius 3 is 2.53 bits per heavy atom. The second kappa shape index (κ2) is 9.52. The molecule has 0 spiro atoms. The Morgan fingerprint density at radius 1 is 1.03 bits per heavy atom. The number of hydrogen-bond donors (Lipinski definition) is 2. The highest BCUT2D eigenvalue weighted by atomic mass is 35.5. The van der Waals surface area contributed by atoms with Crippen LogP contribution in [0.15, 0.2) is 67.1 Å². The third kappa shape index (κ3) is 4.12. The number of imidazole rings is 1. The summed E-state index contributed by atoms with van der Waals surface area (Å²) in [6.45, 7) is 0. The van der Waals surface area contributed by atoms with Crippen LogP contribution in [0.4, 0.5) is 4.39 Å². The van der Waals surface area contributed by atoms with Gasteiger partial charge < -0.3 is 5.32 Å². The van der Waals surface area contributed by atoms with Gasteiger partial charge in [0.2, 0.25) is 0 Å². The van der Waals surface area contributed by atoms with Gasteiger partial charge >= 0.3 is 0 Å². The van der Waals surface area contributed by atoms with Gasteiger partial charge in [0.1, 0.15) is 11.5 Å². The lowest BCUT2D eigenvalue weighted by Crippen LogP contribution is -2.15. The molecule has 6 nitrogen and oxygen atoms in total. The molecular formula is C22H18Cl2FN5OS. The zero-order chi connectivity index (χ0) is 20.7. The summed E-state index contributed by atoms with van der Waals surface area (Å²) < 4.78 is 15.3. The van der Waals surface area contributed by atoms with Gasteiger partial charge in [-0.15, -0.1) is 36.2 Å². The topological polar surface area (TPSA) is 75.1 Å². The van der Waals surface area contributed by atoms with Crippen LogP contribution < -0.4 is 5.32 Å². The minimum atomic E-state index is -0.281. The summed E-state index contributed by atoms with van der Waals surface area (Å²) in [7, 11) is 1.62. The molecule has 0 aliphatic heterocycles. The van der Waals surface area contributed by atoms with Crippen molar-refractivity contribution in [1.82, 2.24) is 24.9 Å². The van der Waals surface area contributed by atoms with Crippen LogP contribution in [0.25, 0.3) is 38.6 Å². The molecule has 1 amide bonds. The maximum absolute atomic E-state index is 13.3. The number of pyridine rings is 1. The third-order valence-electron chi connectivity index (χ3n) is 4.90. The zero-order valence-corrected chi connectivity index (χ0v) is 19.2. The van der Waals surface area contributed by atoms with E-state index in [0.29, 0.717) is 4.88 Å². The van der Waals surface area contributed by atoms with E-state index in [9.17, 15) is 9.18 Å². The molecule has 0 saturated heterocycles. The number of hydrogen-bond acceptors (Lipinski definition) is 4. The van der Waals surface area contributed by atoms with Crippen LogP contribution in [0.1, 0.15) is 9.67 Å². The standard InChI is InChI=1S/C22H16FN5OS.2ClH/c1-24-22(29)19-8-7-18(30-19)17-11-25-20-9-4-14(12-28(17)20)16-10-26-27-21(16)13-2-5-15(23)6-3-13;;/h2-12H,1H3,(H,24,29)(H,26,27);2*1H. The number of nitrogens with zero attached hydrogens (tertiary/aromatic N) is 3. The van der Waals surface area contributed by atoms with Gasteiger partial charge in [-0.3, -0.25) is 14.3 Å². The Balaban J connectivity index is 0.00000144. The lowest BCUT2D eigenvalue weighted by atomic mass is 10.0. The van der Waals surface area contributed by atoms with E-state index in [4.69, 9.17) is 0 Å². The smallest absolute Gasteiger partial charge is 0.261 e. The molecule has 0 bridgehead atoms. The highest BCUT2D eigenvalue weighted by Crippen LogP contribution is 2.33. The summed E-state index contributed by atoms with van der Waals surface area (Å²) in [5.74, 6) is -0.389. The monoisotopic (exact) mass is 489 g/mol. The number of fused-ring (bicyclic) bond motifs is 1. The first-order chi connectivity index (χ1) is 14.6. The van der Waals surface area contributed by atoms with Gasteiger partial charge in [0.05, 0.1) is 33.5 Å². The maximum Gasteiger partial charge on any atom is 0.261 e. The number of carbonyl (C=O) groups excluding carboxylic acids is 1. The summed E-state index contributed by atoms with van der Waals surface area (Å²) in [5, 5.41) is 9.85. The van der Waals surface area contributed by atoms with Crippen LogP contribution in [0.3, 0.4) is 0 Å². The van der Waals surface area contributed by atoms with Crippen molar-refractivity contribution in [1.29, 1.82) is 0 Å². The van der Waals surface area contributed by atoms with Crippen LogP contribution >= 0.6 is 36.2 Å². The van der Waals surface area contributed by atoms with Crippen molar-refractivity contribution in [3.63, 3.8) is 0 Å². The average Bonchev–Trinajstić information content (AvgIpc) is 3.51. The molecule has 2 N–H and O–H groups in total. The number of rotatable bonds is 4. The zero-order valence-electron chi connectivity index (χ0n) is 16.7. The molecule has 0 aliphatic rings. The fourth-order valence-electron chi connectivity index (χ4n) is 3.38. The molecule has 4 aromatic heterocycles. The van der Waals surface area contributed by atoms with Gasteiger partial charge in [-0.1, -0.05) is 0 Å². The average molecular weight is 490 g/mol. The molecule has 0 atom stereocenters. The highest BCUT2D eigenvalue weighted by Gasteiger charge is 2.15. The van der Waals surface area contributed by atoms with Gasteiger partial charge in [-0.05, 0) is 48.5 Å². The SMILES string of the molecule is CNC(=O)c1ccc(-c2cnc3ccc(-c4cn[nH]c4-c4ccc(F)cc4)cn23)s1.Cl.Cl. The first kappa shape index (κ1) is 23.5. The summed E-state index contributed by atoms with van der Waals surface area (Å²) in [4.78, 5) is 18.0. The number of aromatic nitrogens is 4. The van der Waals surface area contributed by atoms with Crippen LogP contribution in [0.2, 0.25) is 0 Å². The van der Waals surface area contributed by atoms with E-state index in [1.54, 1.807) is 31.6 Å². The predicted molar refractivity (Wildman–Crippen MR) is 129 cm³/mol. The number of thiophene rings is 1. The number of amides is 1. The third-order valence-corrected chi connectivity index (χ3v) is 6.00. The van der Waals surface area contributed by atoms with Crippen molar-refractivity contribution in [3.05, 3.63) is 77.8 Å². The van der Waals surface area contributed by atoms with Crippen LogP contribution in [0.5, 0.6) is 0 Å². The largest absolute Gasteiger partial charge is 0.354 e. The summed E-state index contributed by atoms with van der Waals surface area (Å²) in [5.41, 5.74) is 5.21. The van der Waals surface area contributed by atoms with Crippen LogP contribution in [-0.4, -0.2) is 32.5 Å². The number of halogens is 3. The van der Waals surface area contributed by atoms with Gasteiger partial charge in [-0.2, -0.15) is 5.10 Å². The van der Waals surface area contributed by atoms with Crippen molar-refractivity contribution in [2.75, 3.05) is 7.05 Å². The molecule has 5 aromatic rings. The second-order valence-corrected chi connectivity index (χ2v) is 7.78. The fraction of sp³-hybridized carbons (Fsp3) is 0.0455. The van der Waals surface area contributed by atoms with Crippen molar-refractivity contribution in [2.45, 2.75) is 0 Å². The van der Waals surface area contributed by atoms with Gasteiger partial charge in [0, 0.05) is 29.9 Å². The normalized spacial score (nSPS) is 10.4. The first-order valence-electron chi connectivity index (χ1n) is 9.23. The van der Waals surface area contributed by atoms with E-state index >= 15 is 0 Å². The Labute approximate surface area is 199 Å². The lowest BCUT2D eigenvalue weighted by molar-refractivity contribution is 0.0967. The van der Waals surface area contributed by atoms with Gasteiger partial charge in [-0.25, -0.2) is 9.37 Å². The minimum absolute atomic E-state index is 0. The predicted octanol–water partition coefficient (Wildman–Crippen LogP) is 5.46. The van der Waals surface area contributed by atoms with Crippen molar-refractivity contribution in [3.8, 4) is 33.0 Å². The van der Waals surface area contributed by atoms with E-state index in [1.165, 1.54) is 23.5 Å². The molecular weight excluding hydrogens is 472 g/mol. The maximum atomic E-state index is 13.3. The number of aromatic amines is 1. The van der Waals surface area contributed by atoms with Crippen molar-refractivity contribution in [2.24, 2.45) is 0 Å². The number of nitrogens with one attached hydrogen (secondary N) is 2. The fourth-order valence-corrected chi connectivity index (χ4v) is 4.34. The number of benzene rings is 1. The Hall–Kier alpha value is -3.20. The molecule has 0 radical (unpaired) electrons. The van der Waals surface area contributed by atoms with Gasteiger partial charge in [0.25, 0.3) is 5.91 Å². The summed E-state index contributed by atoms with van der Waals surface area (Å²) in [6.07, 6.45) is 5.55. The van der Waals surface area contributed by atoms with E-state index in [0.717, 1.165) is 38.6 Å². The molecule has 4 heterocycles. The summed E-state index contributed by atoms with van der Waals surface area (Å²) >= 11 is 1.42. The van der Waals surface area contributed by atoms with Crippen LogP contribution in [-0.2, 0) is 0 Å². The Kier molecular flexibility index (Phi) is 6.98. The van der Waals surface area contributed by atoms with E-state index < -0.39 is 0 Å². The van der Waals surface area contributed by atoms with E-state index in [2.05, 4.69) is 20.5 Å². The quantitative estimate of drug-likeness (QED) is 0.351.